The summed E-state index contributed by atoms with van der Waals surface area (Å²) in [4.78, 5) is 0. The summed E-state index contributed by atoms with van der Waals surface area (Å²) in [5, 5.41) is 0.240. The van der Waals surface area contributed by atoms with Crippen LogP contribution in [0.5, 0.6) is 0 Å². The van der Waals surface area contributed by atoms with E-state index in [0.29, 0.717) is 0 Å². The van der Waals surface area contributed by atoms with E-state index in [0.717, 1.165) is 12.0 Å². The normalized spacial score (nSPS) is 25.2. The molecule has 4 heteroatoms. The molecule has 96 valence electrons. The van der Waals surface area contributed by atoms with E-state index in [4.69, 9.17) is 4.52 Å². The summed E-state index contributed by atoms with van der Waals surface area (Å²) in [6.07, 6.45) is 0.788. The molecule has 1 heterocycles. The molecule has 1 aliphatic rings. The first kappa shape index (κ1) is 12.9. The zero-order valence-corrected chi connectivity index (χ0v) is 12.0. The second-order valence-electron chi connectivity index (χ2n) is 4.47. The van der Waals surface area contributed by atoms with E-state index in [2.05, 4.69) is 12.1 Å². The highest BCUT2D eigenvalue weighted by Crippen LogP contribution is 2.59. The number of benzene rings is 2. The second-order valence-corrected chi connectivity index (χ2v) is 7.43. The summed E-state index contributed by atoms with van der Waals surface area (Å²) in [5.74, 6) is 0. The third kappa shape index (κ3) is 3.06. The van der Waals surface area contributed by atoms with E-state index in [1.54, 1.807) is 0 Å². The molecule has 0 bridgehead atoms. The SMILES string of the molecule is O=[P+]1OC(c2ccccc2)CC(c2ccccc2)S1. The van der Waals surface area contributed by atoms with Crippen molar-refractivity contribution in [3.63, 3.8) is 0 Å². The predicted molar refractivity (Wildman–Crippen MR) is 79.3 cm³/mol. The maximum absolute atomic E-state index is 11.9. The monoisotopic (exact) mass is 289 g/mol. The van der Waals surface area contributed by atoms with Crippen LogP contribution in [-0.4, -0.2) is 0 Å². The van der Waals surface area contributed by atoms with Crippen molar-refractivity contribution in [3.05, 3.63) is 71.8 Å². The Balaban J connectivity index is 1.84. The molecule has 3 rings (SSSR count). The van der Waals surface area contributed by atoms with Gasteiger partial charge in [0.25, 0.3) is 0 Å². The van der Waals surface area contributed by atoms with Crippen LogP contribution in [0.3, 0.4) is 0 Å². The Hall–Kier alpha value is -1.15. The minimum atomic E-state index is -1.65. The van der Waals surface area contributed by atoms with Gasteiger partial charge in [0.1, 0.15) is 6.10 Å². The highest BCUT2D eigenvalue weighted by Gasteiger charge is 2.41. The molecule has 0 aliphatic carbocycles. The number of hydrogen-bond acceptors (Lipinski definition) is 3. The minimum Gasteiger partial charge on any atom is -0.128 e. The first-order valence-electron chi connectivity index (χ1n) is 6.23. The average molecular weight is 289 g/mol. The van der Waals surface area contributed by atoms with Gasteiger partial charge in [0.2, 0.25) is 0 Å². The lowest BCUT2D eigenvalue weighted by Crippen LogP contribution is -2.08. The molecular formula is C15H14O2PS+. The van der Waals surface area contributed by atoms with Crippen molar-refractivity contribution < 1.29 is 9.09 Å². The maximum Gasteiger partial charge on any atom is 0.586 e. The van der Waals surface area contributed by atoms with E-state index >= 15 is 0 Å². The van der Waals surface area contributed by atoms with Gasteiger partial charge in [-0.2, -0.15) is 0 Å². The van der Waals surface area contributed by atoms with Gasteiger partial charge in [-0.3, -0.25) is 0 Å². The van der Waals surface area contributed by atoms with Crippen molar-refractivity contribution in [3.8, 4) is 0 Å². The highest BCUT2D eigenvalue weighted by atomic mass is 32.7. The average Bonchev–Trinajstić information content (AvgIpc) is 2.48. The van der Waals surface area contributed by atoms with Crippen molar-refractivity contribution in [1.82, 2.24) is 0 Å². The molecule has 0 radical (unpaired) electrons. The third-order valence-electron chi connectivity index (χ3n) is 3.20. The Kier molecular flexibility index (Phi) is 3.97. The van der Waals surface area contributed by atoms with E-state index < -0.39 is 7.23 Å². The van der Waals surface area contributed by atoms with Crippen molar-refractivity contribution in [1.29, 1.82) is 0 Å². The Labute approximate surface area is 117 Å². The van der Waals surface area contributed by atoms with E-state index in [1.165, 1.54) is 16.9 Å². The molecule has 0 saturated carbocycles. The summed E-state index contributed by atoms with van der Waals surface area (Å²) in [7, 11) is -1.65. The summed E-state index contributed by atoms with van der Waals surface area (Å²) in [6, 6.07) is 20.3. The second kappa shape index (κ2) is 5.87. The standard InChI is InChI=1S/C15H14O2PS/c16-18-17-14(12-7-3-1-4-8-12)11-15(19-18)13-9-5-2-6-10-13/h1-10,14-15H,11H2/q+1. The Morgan fingerprint density at radius 3 is 2.16 bits per heavy atom. The van der Waals surface area contributed by atoms with Gasteiger partial charge >= 0.3 is 7.23 Å². The number of rotatable bonds is 2. The lowest BCUT2D eigenvalue weighted by Gasteiger charge is -2.20. The first-order chi connectivity index (χ1) is 9.33. The molecular weight excluding hydrogens is 275 g/mol. The maximum atomic E-state index is 11.9. The zero-order valence-electron chi connectivity index (χ0n) is 10.3. The highest BCUT2D eigenvalue weighted by molar-refractivity contribution is 8.50. The van der Waals surface area contributed by atoms with Crippen LogP contribution in [0.4, 0.5) is 0 Å². The molecule has 0 spiro atoms. The third-order valence-corrected chi connectivity index (χ3v) is 6.05. The largest absolute Gasteiger partial charge is 0.586 e. The van der Waals surface area contributed by atoms with E-state index in [1.807, 2.05) is 48.5 Å². The quantitative estimate of drug-likeness (QED) is 0.703. The topological polar surface area (TPSA) is 26.3 Å². The van der Waals surface area contributed by atoms with Gasteiger partial charge in [0, 0.05) is 6.42 Å². The molecule has 2 nitrogen and oxygen atoms in total. The Morgan fingerprint density at radius 2 is 1.53 bits per heavy atom. The lowest BCUT2D eigenvalue weighted by atomic mass is 10.0. The molecule has 1 aliphatic heterocycles. The van der Waals surface area contributed by atoms with E-state index in [-0.39, 0.29) is 11.4 Å². The van der Waals surface area contributed by atoms with Gasteiger partial charge in [-0.1, -0.05) is 60.7 Å². The van der Waals surface area contributed by atoms with Crippen molar-refractivity contribution in [2.45, 2.75) is 17.8 Å². The zero-order chi connectivity index (χ0) is 13.1. The molecule has 0 N–H and O–H groups in total. The fourth-order valence-electron chi connectivity index (χ4n) is 2.24. The lowest BCUT2D eigenvalue weighted by molar-refractivity contribution is 0.208. The van der Waals surface area contributed by atoms with Gasteiger partial charge < -0.3 is 0 Å². The summed E-state index contributed by atoms with van der Waals surface area (Å²) >= 11 is 1.42. The first-order valence-corrected chi connectivity index (χ1v) is 8.90. The van der Waals surface area contributed by atoms with Gasteiger partial charge in [-0.05, 0) is 15.7 Å². The Morgan fingerprint density at radius 1 is 0.947 bits per heavy atom. The molecule has 0 amide bonds. The van der Waals surface area contributed by atoms with Crippen LogP contribution in [0.15, 0.2) is 60.7 Å². The van der Waals surface area contributed by atoms with Crippen LogP contribution in [0.25, 0.3) is 0 Å². The fraction of sp³-hybridized carbons (Fsp3) is 0.200. The molecule has 19 heavy (non-hydrogen) atoms. The van der Waals surface area contributed by atoms with E-state index in [9.17, 15) is 4.57 Å². The molecule has 1 saturated heterocycles. The smallest absolute Gasteiger partial charge is 0.128 e. The van der Waals surface area contributed by atoms with Crippen molar-refractivity contribution >= 4 is 18.6 Å². The van der Waals surface area contributed by atoms with Crippen LogP contribution < -0.4 is 0 Å². The molecule has 2 aromatic rings. The summed E-state index contributed by atoms with van der Waals surface area (Å²) < 4.78 is 17.5. The molecule has 0 aromatic heterocycles. The van der Waals surface area contributed by atoms with Crippen molar-refractivity contribution in [2.24, 2.45) is 0 Å². The molecule has 2 aromatic carbocycles. The fourth-order valence-corrected chi connectivity index (χ4v) is 5.16. The van der Waals surface area contributed by atoms with Crippen LogP contribution in [0, 0.1) is 0 Å². The summed E-state index contributed by atoms with van der Waals surface area (Å²) in [5.41, 5.74) is 2.33. The minimum absolute atomic E-state index is 0.0729. The van der Waals surface area contributed by atoms with Gasteiger partial charge in [-0.25, -0.2) is 0 Å². The predicted octanol–water partition coefficient (Wildman–Crippen LogP) is 5.28. The Bertz CT molecular complexity index is 509. The molecule has 3 atom stereocenters. The van der Waals surface area contributed by atoms with Gasteiger partial charge in [-0.15, -0.1) is 4.52 Å². The molecule has 3 unspecified atom stereocenters. The summed E-state index contributed by atoms with van der Waals surface area (Å²) in [6.45, 7) is 0. The molecule has 1 fully saturated rings. The van der Waals surface area contributed by atoms with Crippen LogP contribution in [0.2, 0.25) is 0 Å². The van der Waals surface area contributed by atoms with Crippen LogP contribution in [0.1, 0.15) is 28.9 Å². The van der Waals surface area contributed by atoms with Crippen LogP contribution in [-0.2, 0) is 9.09 Å². The van der Waals surface area contributed by atoms with Gasteiger partial charge in [0.15, 0.2) is 11.4 Å². The van der Waals surface area contributed by atoms with Crippen molar-refractivity contribution in [2.75, 3.05) is 0 Å². The van der Waals surface area contributed by atoms with Crippen LogP contribution >= 0.6 is 18.6 Å². The van der Waals surface area contributed by atoms with Gasteiger partial charge in [0.05, 0.1) is 5.25 Å². The number of hydrogen-bond donors (Lipinski definition) is 0.